The summed E-state index contributed by atoms with van der Waals surface area (Å²) in [4.78, 5) is 1.57. The molecule has 1 saturated heterocycles. The smallest absolute Gasteiger partial charge is 0.127 e. The predicted octanol–water partition coefficient (Wildman–Crippen LogP) is -1.21. The summed E-state index contributed by atoms with van der Waals surface area (Å²) in [6.07, 6.45) is 0. The van der Waals surface area contributed by atoms with Crippen LogP contribution in [0.1, 0.15) is 5.56 Å². The standard InChI is InChI=1S/C11H15FN2/c12-11-3-1-2-10(8-11)9-14-6-4-13-5-7-14/h1-3,8,13H,4-7,9H2/p+2. The summed E-state index contributed by atoms with van der Waals surface area (Å²) in [7, 11) is 0. The molecular weight excluding hydrogens is 179 g/mol. The summed E-state index contributed by atoms with van der Waals surface area (Å²) >= 11 is 0. The Bertz CT molecular complexity index is 295. The first-order valence-corrected chi connectivity index (χ1v) is 5.24. The summed E-state index contributed by atoms with van der Waals surface area (Å²) < 4.78 is 12.9. The third-order valence-electron chi connectivity index (χ3n) is 2.75. The largest absolute Gasteiger partial charge is 0.337 e. The molecule has 1 aliphatic rings. The molecule has 0 spiro atoms. The van der Waals surface area contributed by atoms with Gasteiger partial charge >= 0.3 is 0 Å². The van der Waals surface area contributed by atoms with Gasteiger partial charge < -0.3 is 10.2 Å². The number of quaternary nitrogens is 2. The van der Waals surface area contributed by atoms with Gasteiger partial charge in [-0.25, -0.2) is 4.39 Å². The first-order chi connectivity index (χ1) is 6.84. The quantitative estimate of drug-likeness (QED) is 0.592. The fraction of sp³-hybridized carbons (Fsp3) is 0.455. The Morgan fingerprint density at radius 2 is 2.07 bits per heavy atom. The van der Waals surface area contributed by atoms with Crippen LogP contribution in [0.4, 0.5) is 4.39 Å². The second kappa shape index (κ2) is 4.53. The molecule has 0 atom stereocenters. The van der Waals surface area contributed by atoms with E-state index >= 15 is 0 Å². The zero-order valence-electron chi connectivity index (χ0n) is 8.30. The Labute approximate surface area is 83.7 Å². The average Bonchev–Trinajstić information content (AvgIpc) is 2.19. The molecule has 3 N–H and O–H groups in total. The van der Waals surface area contributed by atoms with Crippen molar-refractivity contribution < 1.29 is 14.6 Å². The maximum atomic E-state index is 12.9. The first kappa shape index (κ1) is 9.62. The predicted molar refractivity (Wildman–Crippen MR) is 52.5 cm³/mol. The molecule has 0 aromatic heterocycles. The minimum atomic E-state index is -0.120. The zero-order chi connectivity index (χ0) is 9.80. The third-order valence-corrected chi connectivity index (χ3v) is 2.75. The molecule has 0 amide bonds. The molecule has 0 saturated carbocycles. The van der Waals surface area contributed by atoms with Crippen molar-refractivity contribution in [3.63, 3.8) is 0 Å². The average molecular weight is 196 g/mol. The van der Waals surface area contributed by atoms with Gasteiger partial charge in [0, 0.05) is 5.56 Å². The number of hydrogen-bond acceptors (Lipinski definition) is 0. The molecular formula is C11H17FN2+2. The number of piperazine rings is 1. The fourth-order valence-electron chi connectivity index (χ4n) is 1.99. The lowest BCUT2D eigenvalue weighted by molar-refractivity contribution is -0.958. The summed E-state index contributed by atoms with van der Waals surface area (Å²) in [5.41, 5.74) is 1.11. The molecule has 1 aromatic carbocycles. The van der Waals surface area contributed by atoms with Crippen LogP contribution in [0.15, 0.2) is 24.3 Å². The van der Waals surface area contributed by atoms with Crippen LogP contribution < -0.4 is 10.2 Å². The summed E-state index contributed by atoms with van der Waals surface area (Å²) in [5, 5.41) is 2.34. The third kappa shape index (κ3) is 2.53. The number of hydrogen-bond donors (Lipinski definition) is 2. The lowest BCUT2D eigenvalue weighted by atomic mass is 10.2. The van der Waals surface area contributed by atoms with Crippen LogP contribution in [0.3, 0.4) is 0 Å². The summed E-state index contributed by atoms with van der Waals surface area (Å²) in [6.45, 7) is 5.74. The fourth-order valence-corrected chi connectivity index (χ4v) is 1.99. The maximum absolute atomic E-state index is 12.9. The van der Waals surface area contributed by atoms with Crippen LogP contribution in [-0.2, 0) is 6.54 Å². The van der Waals surface area contributed by atoms with Crippen molar-refractivity contribution in [1.82, 2.24) is 0 Å². The van der Waals surface area contributed by atoms with Crippen molar-refractivity contribution in [1.29, 1.82) is 0 Å². The van der Waals surface area contributed by atoms with Crippen LogP contribution in [0.25, 0.3) is 0 Å². The first-order valence-electron chi connectivity index (χ1n) is 5.24. The van der Waals surface area contributed by atoms with Gasteiger partial charge in [0.25, 0.3) is 0 Å². The van der Waals surface area contributed by atoms with E-state index < -0.39 is 0 Å². The van der Waals surface area contributed by atoms with E-state index in [-0.39, 0.29) is 5.82 Å². The molecule has 2 rings (SSSR count). The van der Waals surface area contributed by atoms with Gasteiger partial charge in [-0.05, 0) is 12.1 Å². The molecule has 14 heavy (non-hydrogen) atoms. The molecule has 0 unspecified atom stereocenters. The monoisotopic (exact) mass is 196 g/mol. The van der Waals surface area contributed by atoms with E-state index in [2.05, 4.69) is 5.32 Å². The van der Waals surface area contributed by atoms with Crippen molar-refractivity contribution in [3.8, 4) is 0 Å². The number of benzene rings is 1. The molecule has 0 bridgehead atoms. The number of nitrogens with two attached hydrogens (primary N) is 1. The second-order valence-electron chi connectivity index (χ2n) is 3.92. The number of halogens is 1. The van der Waals surface area contributed by atoms with E-state index in [0.29, 0.717) is 0 Å². The Hall–Kier alpha value is -0.930. The van der Waals surface area contributed by atoms with Gasteiger partial charge in [-0.3, -0.25) is 0 Å². The Morgan fingerprint density at radius 1 is 1.29 bits per heavy atom. The highest BCUT2D eigenvalue weighted by Crippen LogP contribution is 2.01. The van der Waals surface area contributed by atoms with Gasteiger partial charge in [-0.2, -0.15) is 0 Å². The highest BCUT2D eigenvalue weighted by atomic mass is 19.1. The lowest BCUT2D eigenvalue weighted by Gasteiger charge is -2.22. The van der Waals surface area contributed by atoms with Gasteiger partial charge in [0.05, 0.1) is 0 Å². The normalized spacial score (nSPS) is 18.4. The second-order valence-corrected chi connectivity index (χ2v) is 3.92. The van der Waals surface area contributed by atoms with Crippen molar-refractivity contribution in [3.05, 3.63) is 35.6 Å². The molecule has 1 aromatic rings. The molecule has 2 nitrogen and oxygen atoms in total. The van der Waals surface area contributed by atoms with Crippen molar-refractivity contribution >= 4 is 0 Å². The molecule has 1 heterocycles. The van der Waals surface area contributed by atoms with Gasteiger partial charge in [0.15, 0.2) is 0 Å². The summed E-state index contributed by atoms with van der Waals surface area (Å²) in [5.74, 6) is -0.120. The molecule has 0 aliphatic carbocycles. The number of rotatable bonds is 2. The van der Waals surface area contributed by atoms with Gasteiger partial charge in [0.2, 0.25) is 0 Å². The molecule has 76 valence electrons. The van der Waals surface area contributed by atoms with E-state index in [4.69, 9.17) is 0 Å². The van der Waals surface area contributed by atoms with Gasteiger partial charge in [-0.15, -0.1) is 0 Å². The van der Waals surface area contributed by atoms with Crippen molar-refractivity contribution in [2.45, 2.75) is 6.54 Å². The van der Waals surface area contributed by atoms with E-state index in [1.165, 1.54) is 32.2 Å². The van der Waals surface area contributed by atoms with Crippen LogP contribution in [-0.4, -0.2) is 26.2 Å². The Kier molecular flexibility index (Phi) is 3.11. The van der Waals surface area contributed by atoms with E-state index in [1.54, 1.807) is 17.0 Å². The van der Waals surface area contributed by atoms with Crippen LogP contribution >= 0.6 is 0 Å². The van der Waals surface area contributed by atoms with Crippen molar-refractivity contribution in [2.24, 2.45) is 0 Å². The zero-order valence-corrected chi connectivity index (χ0v) is 8.30. The molecule has 0 radical (unpaired) electrons. The van der Waals surface area contributed by atoms with Gasteiger partial charge in [0.1, 0.15) is 38.5 Å². The van der Waals surface area contributed by atoms with E-state index in [0.717, 1.165) is 12.1 Å². The Balaban J connectivity index is 1.95. The minimum Gasteiger partial charge on any atom is -0.337 e. The highest BCUT2D eigenvalue weighted by molar-refractivity contribution is 5.14. The molecule has 1 aliphatic heterocycles. The number of nitrogens with one attached hydrogen (secondary N) is 1. The Morgan fingerprint density at radius 3 is 2.79 bits per heavy atom. The topological polar surface area (TPSA) is 21.1 Å². The van der Waals surface area contributed by atoms with E-state index in [9.17, 15) is 4.39 Å². The SMILES string of the molecule is Fc1cccc(C[NH+]2CC[NH2+]CC2)c1. The van der Waals surface area contributed by atoms with Gasteiger partial charge in [-0.1, -0.05) is 12.1 Å². The molecule has 1 fully saturated rings. The van der Waals surface area contributed by atoms with Crippen LogP contribution in [0.2, 0.25) is 0 Å². The molecule has 3 heteroatoms. The van der Waals surface area contributed by atoms with Crippen LogP contribution in [0, 0.1) is 5.82 Å². The van der Waals surface area contributed by atoms with Crippen LogP contribution in [0.5, 0.6) is 0 Å². The summed E-state index contributed by atoms with van der Waals surface area (Å²) in [6, 6.07) is 6.95. The lowest BCUT2D eigenvalue weighted by Crippen LogP contribution is -3.19. The van der Waals surface area contributed by atoms with Crippen molar-refractivity contribution in [2.75, 3.05) is 26.2 Å². The minimum absolute atomic E-state index is 0.120. The highest BCUT2D eigenvalue weighted by Gasteiger charge is 2.15. The maximum Gasteiger partial charge on any atom is 0.127 e. The van der Waals surface area contributed by atoms with E-state index in [1.807, 2.05) is 6.07 Å².